The number of fused-ring (bicyclic) bond motifs is 3. The van der Waals surface area contributed by atoms with Crippen molar-refractivity contribution in [3.05, 3.63) is 33.0 Å². The minimum absolute atomic E-state index is 0.200. The van der Waals surface area contributed by atoms with Crippen molar-refractivity contribution in [2.24, 2.45) is 11.8 Å². The molecule has 2 heteroatoms. The first kappa shape index (κ1) is 29.9. The van der Waals surface area contributed by atoms with E-state index in [9.17, 15) is 0 Å². The van der Waals surface area contributed by atoms with E-state index in [1.165, 1.54) is 70.6 Å². The number of rotatable bonds is 14. The predicted molar refractivity (Wildman–Crippen MR) is 166 cm³/mol. The first-order valence-electron chi connectivity index (χ1n) is 15.3. The third kappa shape index (κ3) is 6.01. The summed E-state index contributed by atoms with van der Waals surface area (Å²) < 4.78 is 0. The van der Waals surface area contributed by atoms with Crippen LogP contribution in [-0.4, -0.2) is 0 Å². The van der Waals surface area contributed by atoms with Crippen molar-refractivity contribution in [1.29, 1.82) is 0 Å². The highest BCUT2D eigenvalue weighted by atomic mass is 32.1. The predicted octanol–water partition coefficient (Wildman–Crippen LogP) is 12.3. The lowest BCUT2D eigenvalue weighted by molar-refractivity contribution is 0.266. The van der Waals surface area contributed by atoms with Crippen LogP contribution in [0, 0.1) is 11.8 Å². The van der Waals surface area contributed by atoms with E-state index in [-0.39, 0.29) is 16.2 Å². The molecule has 0 saturated heterocycles. The Morgan fingerprint density at radius 1 is 0.694 bits per heavy atom. The van der Waals surface area contributed by atoms with Gasteiger partial charge in [-0.05, 0) is 65.2 Å². The minimum Gasteiger partial charge on any atom is -0.139 e. The maximum Gasteiger partial charge on any atom is 0.0490 e. The molecule has 2 unspecified atom stereocenters. The molecule has 0 aliphatic heterocycles. The Morgan fingerprint density at radius 2 is 1.14 bits per heavy atom. The first-order valence-corrected chi connectivity index (χ1v) is 16.9. The van der Waals surface area contributed by atoms with E-state index < -0.39 is 0 Å². The zero-order chi connectivity index (χ0) is 26.7. The molecule has 1 aliphatic rings. The molecule has 2 atom stereocenters. The van der Waals surface area contributed by atoms with E-state index >= 15 is 0 Å². The van der Waals surface area contributed by atoms with Gasteiger partial charge in [0.05, 0.1) is 0 Å². The fourth-order valence-electron chi connectivity index (χ4n) is 6.25. The summed E-state index contributed by atoms with van der Waals surface area (Å²) in [7, 11) is 0. The summed E-state index contributed by atoms with van der Waals surface area (Å²) in [6, 6.07) is 5.38. The van der Waals surface area contributed by atoms with Gasteiger partial charge < -0.3 is 0 Å². The van der Waals surface area contributed by atoms with Crippen LogP contribution < -0.4 is 0 Å². The van der Waals surface area contributed by atoms with Gasteiger partial charge in [-0.3, -0.25) is 0 Å². The Morgan fingerprint density at radius 3 is 1.53 bits per heavy atom. The fraction of sp³-hybridized carbons (Fsp3) is 0.765. The van der Waals surface area contributed by atoms with E-state index in [1.807, 2.05) is 0 Å². The van der Waals surface area contributed by atoms with Gasteiger partial charge in [0.1, 0.15) is 0 Å². The van der Waals surface area contributed by atoms with Crippen LogP contribution in [-0.2, 0) is 16.2 Å². The van der Waals surface area contributed by atoms with Crippen LogP contribution in [0.3, 0.4) is 0 Å². The Kier molecular flexibility index (Phi) is 10.0. The molecular formula is C34H56S2. The molecule has 0 radical (unpaired) electrons. The number of hydrogen-bond donors (Lipinski definition) is 0. The molecule has 0 saturated carbocycles. The summed E-state index contributed by atoms with van der Waals surface area (Å²) in [6.07, 6.45) is 14.7. The normalized spacial score (nSPS) is 19.4. The molecule has 0 amide bonds. The molecule has 1 aliphatic carbocycles. The monoisotopic (exact) mass is 528 g/mol. The van der Waals surface area contributed by atoms with Gasteiger partial charge in [0.2, 0.25) is 0 Å². The van der Waals surface area contributed by atoms with Crippen molar-refractivity contribution in [3.63, 3.8) is 0 Å². The quantitative estimate of drug-likeness (QED) is 0.229. The molecule has 36 heavy (non-hydrogen) atoms. The summed E-state index contributed by atoms with van der Waals surface area (Å²) in [5.41, 5.74) is 4.10. The van der Waals surface area contributed by atoms with E-state index in [0.29, 0.717) is 0 Å². The average Bonchev–Trinajstić information content (AvgIpc) is 3.53. The van der Waals surface area contributed by atoms with Gasteiger partial charge >= 0.3 is 0 Å². The van der Waals surface area contributed by atoms with Gasteiger partial charge in [0, 0.05) is 24.9 Å². The Hall–Kier alpha value is -0.600. The van der Waals surface area contributed by atoms with E-state index in [4.69, 9.17) is 0 Å². The van der Waals surface area contributed by atoms with Crippen molar-refractivity contribution < 1.29 is 0 Å². The van der Waals surface area contributed by atoms with Crippen LogP contribution in [0.15, 0.2) is 12.1 Å². The lowest BCUT2D eigenvalue weighted by atomic mass is 9.65. The molecule has 0 bridgehead atoms. The second-order valence-corrected chi connectivity index (χ2v) is 15.6. The maximum absolute atomic E-state index is 2.70. The zero-order valence-corrected chi connectivity index (χ0v) is 27.0. The van der Waals surface area contributed by atoms with Gasteiger partial charge in [0.15, 0.2) is 0 Å². The zero-order valence-electron chi connectivity index (χ0n) is 25.4. The van der Waals surface area contributed by atoms with Crippen molar-refractivity contribution in [2.45, 2.75) is 156 Å². The number of hydrogen-bond acceptors (Lipinski definition) is 2. The molecule has 204 valence electrons. The first-order chi connectivity index (χ1) is 17.0. The standard InChI is InChI=1S/C34H56S2/c1-11-16-18-24(13-3)22-34(23-25(14-4)19-17-12-2)26-20-28(32(6,7)8)35-30(26)31-27(34)21-29(36-31)33(9,10)15-5/h20-21,24-25H,11-19,22-23H2,1-10H3. The lowest BCUT2D eigenvalue weighted by Gasteiger charge is -2.38. The third-order valence-corrected chi connectivity index (χ3v) is 12.6. The topological polar surface area (TPSA) is 0 Å². The fourth-order valence-corrected chi connectivity index (χ4v) is 9.15. The summed E-state index contributed by atoms with van der Waals surface area (Å²) in [5.74, 6) is 1.63. The van der Waals surface area contributed by atoms with Gasteiger partial charge in [-0.15, -0.1) is 22.7 Å². The Labute approximate surface area is 232 Å². The van der Waals surface area contributed by atoms with Crippen LogP contribution in [0.25, 0.3) is 9.75 Å². The molecular weight excluding hydrogens is 473 g/mol. The second kappa shape index (κ2) is 12.1. The smallest absolute Gasteiger partial charge is 0.0490 e. The highest BCUT2D eigenvalue weighted by molar-refractivity contribution is 7.23. The summed E-state index contributed by atoms with van der Waals surface area (Å²) in [6.45, 7) is 24.1. The SMILES string of the molecule is CCCCC(CC)CC1(CC(CC)CCCC)c2cc(C(C)(C)C)sc2-c2sc(C(C)(C)CC)cc21. The second-order valence-electron chi connectivity index (χ2n) is 13.5. The van der Waals surface area contributed by atoms with Gasteiger partial charge in [-0.25, -0.2) is 0 Å². The lowest BCUT2D eigenvalue weighted by Crippen LogP contribution is -2.31. The van der Waals surface area contributed by atoms with Gasteiger partial charge in [-0.2, -0.15) is 0 Å². The molecule has 0 aromatic carbocycles. The van der Waals surface area contributed by atoms with Crippen molar-refractivity contribution in [1.82, 2.24) is 0 Å². The molecule has 0 nitrogen and oxygen atoms in total. The van der Waals surface area contributed by atoms with E-state index in [1.54, 1.807) is 30.6 Å². The Bertz CT molecular complexity index is 946. The highest BCUT2D eigenvalue weighted by Crippen LogP contribution is 2.62. The summed E-state index contributed by atoms with van der Waals surface area (Å²) in [5, 5.41) is 0. The Balaban J connectivity index is 2.24. The largest absolute Gasteiger partial charge is 0.139 e. The molecule has 0 spiro atoms. The van der Waals surface area contributed by atoms with Crippen LogP contribution in [0.5, 0.6) is 0 Å². The molecule has 2 aromatic heterocycles. The van der Waals surface area contributed by atoms with Crippen LogP contribution in [0.2, 0.25) is 0 Å². The summed E-state index contributed by atoms with van der Waals surface area (Å²) >= 11 is 4.26. The average molecular weight is 529 g/mol. The summed E-state index contributed by atoms with van der Waals surface area (Å²) in [4.78, 5) is 6.46. The van der Waals surface area contributed by atoms with Crippen LogP contribution >= 0.6 is 22.7 Å². The van der Waals surface area contributed by atoms with Crippen molar-refractivity contribution in [3.8, 4) is 9.75 Å². The maximum atomic E-state index is 2.70. The molecule has 0 N–H and O–H groups in total. The van der Waals surface area contributed by atoms with Crippen molar-refractivity contribution >= 4 is 22.7 Å². The van der Waals surface area contributed by atoms with E-state index in [2.05, 4.69) is 104 Å². The van der Waals surface area contributed by atoms with Gasteiger partial charge in [-0.1, -0.05) is 121 Å². The van der Waals surface area contributed by atoms with E-state index in [0.717, 1.165) is 11.8 Å². The van der Waals surface area contributed by atoms with Gasteiger partial charge in [0.25, 0.3) is 0 Å². The molecule has 0 fully saturated rings. The number of thiophene rings is 2. The molecule has 2 aromatic rings. The molecule has 3 rings (SSSR count). The van der Waals surface area contributed by atoms with Crippen LogP contribution in [0.4, 0.5) is 0 Å². The highest BCUT2D eigenvalue weighted by Gasteiger charge is 2.48. The minimum atomic E-state index is 0.200. The van der Waals surface area contributed by atoms with Crippen LogP contribution in [0.1, 0.15) is 161 Å². The number of unbranched alkanes of at least 4 members (excludes halogenated alkanes) is 2. The van der Waals surface area contributed by atoms with Crippen molar-refractivity contribution in [2.75, 3.05) is 0 Å². The third-order valence-electron chi connectivity index (χ3n) is 9.35. The molecule has 2 heterocycles.